The van der Waals surface area contributed by atoms with Gasteiger partial charge in [0, 0.05) is 11.3 Å². The lowest BCUT2D eigenvalue weighted by molar-refractivity contribution is 0.722. The second-order valence-corrected chi connectivity index (χ2v) is 8.51. The van der Waals surface area contributed by atoms with Gasteiger partial charge in [0.2, 0.25) is 0 Å². The Morgan fingerprint density at radius 3 is 2.59 bits per heavy atom. The Balaban J connectivity index is 1.75. The summed E-state index contributed by atoms with van der Waals surface area (Å²) in [5.41, 5.74) is 2.32. The summed E-state index contributed by atoms with van der Waals surface area (Å²) in [5, 5.41) is 9.19. The molecule has 0 bridgehead atoms. The zero-order valence-corrected chi connectivity index (χ0v) is 14.9. The van der Waals surface area contributed by atoms with Crippen LogP contribution in [0.2, 0.25) is 0 Å². The van der Waals surface area contributed by atoms with Gasteiger partial charge in [0.15, 0.2) is 0 Å². The van der Waals surface area contributed by atoms with E-state index in [0.717, 1.165) is 12.1 Å². The zero-order valence-electron chi connectivity index (χ0n) is 11.6. The molecule has 5 heteroatoms. The second kappa shape index (κ2) is 5.99. The van der Waals surface area contributed by atoms with E-state index in [1.807, 2.05) is 6.07 Å². The number of rotatable bonds is 3. The van der Waals surface area contributed by atoms with Gasteiger partial charge in [-0.05, 0) is 51.6 Å². The number of hydrogen-bond donors (Lipinski definition) is 0. The van der Waals surface area contributed by atoms with Crippen molar-refractivity contribution in [3.05, 3.63) is 73.5 Å². The molecule has 0 N–H and O–H groups in total. The fourth-order valence-corrected chi connectivity index (χ4v) is 4.88. The summed E-state index contributed by atoms with van der Waals surface area (Å²) in [7, 11) is 0. The van der Waals surface area contributed by atoms with E-state index in [2.05, 4.69) is 74.8 Å². The number of thiophene rings is 2. The number of hydrogen-bond acceptors (Lipinski definition) is 4. The maximum absolute atomic E-state index is 4.92. The number of benzene rings is 1. The minimum Gasteiger partial charge on any atom is -0.257 e. The molecule has 0 aliphatic carbocycles. The van der Waals surface area contributed by atoms with E-state index >= 15 is 0 Å². The Hall–Kier alpha value is -1.43. The molecular formula is C17H13BrN2S2. The topological polar surface area (TPSA) is 15.6 Å². The fourth-order valence-electron chi connectivity index (χ4n) is 2.65. The first-order valence-corrected chi connectivity index (χ1v) is 9.51. The highest BCUT2D eigenvalue weighted by Crippen LogP contribution is 2.40. The number of anilines is 1. The Morgan fingerprint density at radius 1 is 1.05 bits per heavy atom. The highest BCUT2D eigenvalue weighted by atomic mass is 79.9. The third-order valence-corrected chi connectivity index (χ3v) is 6.30. The van der Waals surface area contributed by atoms with Crippen molar-refractivity contribution in [2.24, 2.45) is 5.10 Å². The summed E-state index contributed by atoms with van der Waals surface area (Å²) in [5.74, 6) is 0. The molecule has 0 spiro atoms. The van der Waals surface area contributed by atoms with Crippen molar-refractivity contribution < 1.29 is 0 Å². The van der Waals surface area contributed by atoms with Crippen LogP contribution in [0.25, 0.3) is 0 Å². The lowest BCUT2D eigenvalue weighted by Gasteiger charge is -2.22. The third kappa shape index (κ3) is 2.64. The highest BCUT2D eigenvalue weighted by Gasteiger charge is 2.31. The normalized spacial score (nSPS) is 17.8. The molecule has 0 radical (unpaired) electrons. The summed E-state index contributed by atoms with van der Waals surface area (Å²) < 4.78 is 1.17. The molecule has 1 aliphatic rings. The molecule has 0 amide bonds. The zero-order chi connectivity index (χ0) is 14.9. The van der Waals surface area contributed by atoms with Crippen LogP contribution in [0.1, 0.15) is 22.2 Å². The predicted octanol–water partition coefficient (Wildman–Crippen LogP) is 5.93. The van der Waals surface area contributed by atoms with Gasteiger partial charge in [0.05, 0.1) is 26.1 Å². The van der Waals surface area contributed by atoms with Gasteiger partial charge in [-0.3, -0.25) is 5.01 Å². The largest absolute Gasteiger partial charge is 0.257 e. The van der Waals surface area contributed by atoms with Crippen molar-refractivity contribution in [1.82, 2.24) is 0 Å². The van der Waals surface area contributed by atoms with Crippen molar-refractivity contribution >= 4 is 50.0 Å². The van der Waals surface area contributed by atoms with Crippen LogP contribution < -0.4 is 5.01 Å². The van der Waals surface area contributed by atoms with E-state index in [1.165, 1.54) is 19.3 Å². The first kappa shape index (κ1) is 14.2. The smallest absolute Gasteiger partial charge is 0.0924 e. The van der Waals surface area contributed by atoms with Crippen LogP contribution in [-0.4, -0.2) is 5.71 Å². The van der Waals surface area contributed by atoms with E-state index in [0.29, 0.717) is 0 Å². The van der Waals surface area contributed by atoms with Crippen molar-refractivity contribution in [3.8, 4) is 0 Å². The monoisotopic (exact) mass is 388 g/mol. The molecule has 0 saturated carbocycles. The van der Waals surface area contributed by atoms with Crippen LogP contribution in [0.5, 0.6) is 0 Å². The summed E-state index contributed by atoms with van der Waals surface area (Å²) in [6, 6.07) is 19.2. The first-order valence-electron chi connectivity index (χ1n) is 7.02. The summed E-state index contributed by atoms with van der Waals surface area (Å²) >= 11 is 7.12. The van der Waals surface area contributed by atoms with Crippen molar-refractivity contribution in [2.45, 2.75) is 12.5 Å². The Labute approximate surface area is 145 Å². The van der Waals surface area contributed by atoms with Gasteiger partial charge >= 0.3 is 0 Å². The third-order valence-electron chi connectivity index (χ3n) is 3.66. The molecule has 2 nitrogen and oxygen atoms in total. The van der Waals surface area contributed by atoms with E-state index in [-0.39, 0.29) is 6.04 Å². The van der Waals surface area contributed by atoms with Gasteiger partial charge in [-0.25, -0.2) is 0 Å². The average molecular weight is 389 g/mol. The molecule has 0 saturated heterocycles. The van der Waals surface area contributed by atoms with Gasteiger partial charge in [-0.15, -0.1) is 22.7 Å². The molecule has 0 fully saturated rings. The molecule has 1 atom stereocenters. The number of nitrogens with zero attached hydrogens (tertiary/aromatic N) is 2. The van der Waals surface area contributed by atoms with Crippen LogP contribution >= 0.6 is 38.6 Å². The lowest BCUT2D eigenvalue weighted by Crippen LogP contribution is -2.17. The maximum Gasteiger partial charge on any atom is 0.0924 e. The summed E-state index contributed by atoms with van der Waals surface area (Å²) in [6.07, 6.45) is 0.947. The molecule has 3 aromatic rings. The van der Waals surface area contributed by atoms with Crippen molar-refractivity contribution in [1.29, 1.82) is 0 Å². The summed E-state index contributed by atoms with van der Waals surface area (Å²) in [6.45, 7) is 0. The maximum atomic E-state index is 4.92. The second-order valence-electron chi connectivity index (χ2n) is 5.07. The van der Waals surface area contributed by atoms with Crippen molar-refractivity contribution in [2.75, 3.05) is 5.01 Å². The molecular weight excluding hydrogens is 376 g/mol. The number of halogens is 1. The van der Waals surface area contributed by atoms with Crippen LogP contribution in [-0.2, 0) is 0 Å². The molecule has 1 unspecified atom stereocenters. The Bertz CT molecular complexity index is 793. The minimum atomic E-state index is 0.274. The SMILES string of the molecule is Brc1ccc(C2CC(c3cccs3)=NN2c2ccccc2)s1. The molecule has 4 rings (SSSR count). The summed E-state index contributed by atoms with van der Waals surface area (Å²) in [4.78, 5) is 2.60. The number of hydrazone groups is 1. The standard InChI is InChI=1S/C17H13BrN2S2/c18-17-9-8-16(22-17)14-11-13(15-7-4-10-21-15)19-20(14)12-5-2-1-3-6-12/h1-10,14H,11H2. The minimum absolute atomic E-state index is 0.274. The molecule has 22 heavy (non-hydrogen) atoms. The van der Waals surface area contributed by atoms with Crippen molar-refractivity contribution in [3.63, 3.8) is 0 Å². The van der Waals surface area contributed by atoms with E-state index in [1.54, 1.807) is 22.7 Å². The Kier molecular flexibility index (Phi) is 3.86. The van der Waals surface area contributed by atoms with E-state index in [4.69, 9.17) is 5.10 Å². The van der Waals surface area contributed by atoms with Crippen LogP contribution in [0.4, 0.5) is 5.69 Å². The molecule has 1 aliphatic heterocycles. The first-order chi connectivity index (χ1) is 10.8. The predicted molar refractivity (Wildman–Crippen MR) is 99.2 cm³/mol. The average Bonchev–Trinajstić information content (AvgIpc) is 3.27. The van der Waals surface area contributed by atoms with Gasteiger partial charge in [0.25, 0.3) is 0 Å². The molecule has 110 valence electrons. The van der Waals surface area contributed by atoms with Crippen LogP contribution in [0.15, 0.2) is 68.9 Å². The number of para-hydroxylation sites is 1. The highest BCUT2D eigenvalue weighted by molar-refractivity contribution is 9.11. The molecule has 1 aromatic carbocycles. The lowest BCUT2D eigenvalue weighted by atomic mass is 10.1. The van der Waals surface area contributed by atoms with E-state index in [9.17, 15) is 0 Å². The fraction of sp³-hybridized carbons (Fsp3) is 0.118. The molecule has 3 heterocycles. The van der Waals surface area contributed by atoms with Gasteiger partial charge in [-0.2, -0.15) is 5.10 Å². The van der Waals surface area contributed by atoms with Gasteiger partial charge < -0.3 is 0 Å². The van der Waals surface area contributed by atoms with Gasteiger partial charge in [-0.1, -0.05) is 24.3 Å². The Morgan fingerprint density at radius 2 is 1.91 bits per heavy atom. The van der Waals surface area contributed by atoms with Crippen LogP contribution in [0.3, 0.4) is 0 Å². The quantitative estimate of drug-likeness (QED) is 0.542. The van der Waals surface area contributed by atoms with Crippen LogP contribution in [0, 0.1) is 0 Å². The molecule has 2 aromatic heterocycles. The van der Waals surface area contributed by atoms with Gasteiger partial charge in [0.1, 0.15) is 0 Å². The van der Waals surface area contributed by atoms with E-state index < -0.39 is 0 Å².